The average molecular weight is 1310 g/mol. The van der Waals surface area contributed by atoms with Crippen LogP contribution in [-0.2, 0) is 27.1 Å². The van der Waals surface area contributed by atoms with Crippen molar-refractivity contribution in [2.75, 3.05) is 0 Å². The Labute approximate surface area is 599 Å². The molecule has 0 radical (unpaired) electrons. The summed E-state index contributed by atoms with van der Waals surface area (Å²) in [5, 5.41) is 0.776. The van der Waals surface area contributed by atoms with Crippen LogP contribution >= 0.6 is 0 Å². The minimum absolute atomic E-state index is 0.0550. The molecule has 11 aromatic carbocycles. The summed E-state index contributed by atoms with van der Waals surface area (Å²) in [4.78, 5) is 4.96. The van der Waals surface area contributed by atoms with Gasteiger partial charge in [-0.05, 0) is 188 Å². The third-order valence-electron chi connectivity index (χ3n) is 20.7. The van der Waals surface area contributed by atoms with Crippen LogP contribution in [0, 0.1) is 6.33 Å². The van der Waals surface area contributed by atoms with Crippen molar-refractivity contribution in [1.82, 2.24) is 14.1 Å². The number of hydrogen-bond acceptors (Lipinski definition) is 2. The van der Waals surface area contributed by atoms with Crippen molar-refractivity contribution in [3.63, 3.8) is 0 Å². The van der Waals surface area contributed by atoms with Crippen molar-refractivity contribution in [2.45, 2.75) is 130 Å². The lowest BCUT2D eigenvalue weighted by Gasteiger charge is -2.42. The van der Waals surface area contributed by atoms with Crippen LogP contribution in [0.1, 0.15) is 150 Å². The Balaban J connectivity index is 1.10. The highest BCUT2D eigenvalue weighted by molar-refractivity contribution is 7.20. The Morgan fingerprint density at radius 2 is 1.01 bits per heavy atom. The summed E-state index contributed by atoms with van der Waals surface area (Å²) in [5.74, 6) is 1.68. The molecule has 0 N–H and O–H groups in total. The molecule has 1 aliphatic heterocycles. The number of para-hydroxylation sites is 2. The first-order chi connectivity index (χ1) is 52.7. The van der Waals surface area contributed by atoms with Crippen molar-refractivity contribution in [1.29, 1.82) is 0 Å². The molecular formula is C92H86N4OSi. The van der Waals surface area contributed by atoms with E-state index in [-0.39, 0.29) is 37.4 Å². The number of pyridine rings is 1. The van der Waals surface area contributed by atoms with Gasteiger partial charge in [0.1, 0.15) is 17.3 Å². The molecule has 0 saturated heterocycles. The van der Waals surface area contributed by atoms with Gasteiger partial charge in [0.05, 0.1) is 52.6 Å². The van der Waals surface area contributed by atoms with Crippen molar-refractivity contribution in [3.8, 4) is 73.2 Å². The molecule has 0 atom stereocenters. The van der Waals surface area contributed by atoms with Gasteiger partial charge in [-0.1, -0.05) is 284 Å². The fourth-order valence-electron chi connectivity index (χ4n) is 15.2. The molecule has 6 heteroatoms. The molecule has 14 aromatic rings. The number of fused-ring (bicyclic) bond motifs is 11. The lowest BCUT2D eigenvalue weighted by Crippen LogP contribution is -2.74. The lowest BCUT2D eigenvalue weighted by molar-refractivity contribution is -0.570. The summed E-state index contributed by atoms with van der Waals surface area (Å²) in [6, 6.07) is 46.2. The quantitative estimate of drug-likeness (QED) is 0.0625. The number of nitrogens with zero attached hydrogens (tertiary/aromatic N) is 4. The smallest absolute Gasteiger partial charge is 0.269 e. The Hall–Kier alpha value is -10.1. The van der Waals surface area contributed by atoms with Gasteiger partial charge in [-0.15, -0.1) is 0 Å². The molecular weight excluding hydrogens is 1210 g/mol. The second-order valence-corrected chi connectivity index (χ2v) is 34.6. The molecule has 0 fully saturated rings. The summed E-state index contributed by atoms with van der Waals surface area (Å²) in [6.07, 6.45) is 7.69. The van der Waals surface area contributed by atoms with Crippen molar-refractivity contribution in [3.05, 3.63) is 295 Å². The minimum Gasteiger partial charge on any atom is -0.458 e. The second-order valence-electron chi connectivity index (χ2n) is 31.0. The Kier molecular flexibility index (Phi) is 11.4. The third-order valence-corrected chi connectivity index (χ3v) is 24.9. The molecule has 1 aliphatic carbocycles. The van der Waals surface area contributed by atoms with Crippen LogP contribution < -0.4 is 30.1 Å². The summed E-state index contributed by atoms with van der Waals surface area (Å²) in [7, 11) is -5.62. The highest BCUT2D eigenvalue weighted by Crippen LogP contribution is 2.53. The van der Waals surface area contributed by atoms with Gasteiger partial charge in [0.2, 0.25) is 0 Å². The number of hydrogen-bond donors (Lipinski definition) is 0. The second kappa shape index (κ2) is 23.0. The van der Waals surface area contributed by atoms with E-state index in [1.807, 2.05) is 89.6 Å². The largest absolute Gasteiger partial charge is 0.458 e. The molecule has 0 saturated carbocycles. The number of ether oxygens (including phenoxy) is 1. The first-order valence-corrected chi connectivity index (χ1v) is 35.9. The van der Waals surface area contributed by atoms with Crippen LogP contribution in [0.5, 0.6) is 11.5 Å². The predicted octanol–water partition coefficient (Wildman–Crippen LogP) is 20.6. The van der Waals surface area contributed by atoms with Crippen LogP contribution in [0.2, 0.25) is 0 Å². The minimum atomic E-state index is -5.62. The fraction of sp³-hybridized carbons (Fsp3) is 0.217. The van der Waals surface area contributed by atoms with Gasteiger partial charge < -0.3 is 4.74 Å². The maximum absolute atomic E-state index is 10.3. The number of imidazole rings is 1. The molecule has 2 aliphatic rings. The van der Waals surface area contributed by atoms with E-state index < -0.39 is 103 Å². The Bertz CT molecular complexity index is 6230. The van der Waals surface area contributed by atoms with E-state index in [9.17, 15) is 15.1 Å². The first kappa shape index (κ1) is 48.5. The topological polar surface area (TPSA) is 35.9 Å². The predicted molar refractivity (Wildman–Crippen MR) is 413 cm³/mol. The van der Waals surface area contributed by atoms with E-state index in [1.165, 1.54) is 11.1 Å². The van der Waals surface area contributed by atoms with E-state index in [0.29, 0.717) is 39.3 Å². The molecule has 0 unspecified atom stereocenters. The molecule has 484 valence electrons. The highest BCUT2D eigenvalue weighted by atomic mass is 28.3. The van der Waals surface area contributed by atoms with Crippen LogP contribution in [0.4, 0.5) is 0 Å². The molecule has 0 bridgehead atoms. The molecule has 98 heavy (non-hydrogen) atoms. The monoisotopic (exact) mass is 1300 g/mol. The van der Waals surface area contributed by atoms with Crippen LogP contribution in [-0.4, -0.2) is 22.2 Å². The normalized spacial score (nSPS) is 16.3. The molecule has 0 spiro atoms. The molecule has 3 aromatic heterocycles. The average Bonchev–Trinajstić information content (AvgIpc) is 1.06. The fourth-order valence-corrected chi connectivity index (χ4v) is 19.1. The lowest BCUT2D eigenvalue weighted by atomic mass is 9.62. The van der Waals surface area contributed by atoms with Gasteiger partial charge in [-0.2, -0.15) is 0 Å². The van der Waals surface area contributed by atoms with Gasteiger partial charge >= 0.3 is 0 Å². The summed E-state index contributed by atoms with van der Waals surface area (Å²) in [6.45, 7) is 29.1. The zero-order chi connectivity index (χ0) is 80.0. The molecule has 5 nitrogen and oxygen atoms in total. The van der Waals surface area contributed by atoms with Gasteiger partial charge in [-0.25, -0.2) is 4.98 Å². The number of benzene rings is 11. The molecule has 4 heterocycles. The van der Waals surface area contributed by atoms with Crippen LogP contribution in [0.25, 0.3) is 94.5 Å². The third kappa shape index (κ3) is 10.4. The molecule has 16 rings (SSSR count). The van der Waals surface area contributed by atoms with Crippen molar-refractivity contribution in [2.24, 2.45) is 0 Å². The van der Waals surface area contributed by atoms with Gasteiger partial charge in [-0.3, -0.25) is 13.7 Å². The maximum Gasteiger partial charge on any atom is 0.269 e. The zero-order valence-corrected chi connectivity index (χ0v) is 58.9. The Morgan fingerprint density at radius 3 is 1.67 bits per heavy atom. The van der Waals surface area contributed by atoms with Crippen LogP contribution in [0.3, 0.4) is 0 Å². The summed E-state index contributed by atoms with van der Waals surface area (Å²) < 4.78 is 149. The molecule has 0 amide bonds. The van der Waals surface area contributed by atoms with E-state index in [1.54, 1.807) is 6.07 Å². The number of rotatable bonds is 9. The maximum atomic E-state index is 10.3. The zero-order valence-electron chi connectivity index (χ0n) is 71.9. The van der Waals surface area contributed by atoms with Gasteiger partial charge in [0, 0.05) is 23.0 Å². The summed E-state index contributed by atoms with van der Waals surface area (Å²) >= 11 is 0. The van der Waals surface area contributed by atoms with Crippen LogP contribution in [0.15, 0.2) is 261 Å². The van der Waals surface area contributed by atoms with E-state index >= 15 is 0 Å². The number of aromatic nitrogens is 4. The van der Waals surface area contributed by atoms with Crippen molar-refractivity contribution >= 4 is 61.7 Å². The van der Waals surface area contributed by atoms with Gasteiger partial charge in [0.15, 0.2) is 8.07 Å². The van der Waals surface area contributed by atoms with E-state index in [2.05, 4.69) is 184 Å². The van der Waals surface area contributed by atoms with E-state index in [4.69, 9.17) is 13.8 Å². The van der Waals surface area contributed by atoms with Gasteiger partial charge in [0.25, 0.3) is 6.33 Å². The van der Waals surface area contributed by atoms with Crippen molar-refractivity contribution < 1.29 is 28.5 Å². The highest BCUT2D eigenvalue weighted by Gasteiger charge is 2.44. The van der Waals surface area contributed by atoms with E-state index in [0.717, 1.165) is 102 Å². The Morgan fingerprint density at radius 1 is 0.449 bits per heavy atom. The first-order valence-electron chi connectivity index (χ1n) is 40.9. The standard InChI is InChI=1S/C92H86N4OSi/c1-88(2,3)61-45-48-93-85(52-61)96-82-42-26-25-39-74(82)75-44-43-66(54-83(75)96)97-65-30-27-29-64(53-65)94-59-95-86-71(60-49-62(89(4,5)6)51-63(50-60)90(7,8)9)40-28-41-76(86)78-58-81-80(91(10,11)46-47-92(81,12)13)57-77(78)72-37-23-24-38-73(72)79-55-70(56-84(94)87(79)95)98(67-31-17-14-18-32-67,68-33-19-15-20-34-68)69-35-21-16-22-36-69/h14-45,48-58H,46-47H2,1-13H3/i14D,15D,16D,17D,18D,19D,20D,21D,22D,31D,32D,33D,34D,35D. The summed E-state index contributed by atoms with van der Waals surface area (Å²) in [5.41, 5.74) is 14.7. The SMILES string of the molecule is [2H]c1cc([Si](c2cc3c4c(c2)n(-c2cccc(Oc5ccc6c7ccccc7n(-c7cc(C(C)(C)C)ccn7)c6c5)c2)[c-][n+]4-c2c(-c4cc(C(C)(C)C)cc(C(C)(C)C)c4)cccc2-c2cc4c(cc2-c2ccccc2-3)C(C)(C)CCC4(C)C)(c2c([2H])c([2H])c([2H])c([2H])c2[2H])c2c([2H])c([2H])c([2H])c([2H])c2[2H])c([2H])c([2H])c1[2H].